The van der Waals surface area contributed by atoms with Gasteiger partial charge in [0.05, 0.1) is 12.2 Å². The highest BCUT2D eigenvalue weighted by molar-refractivity contribution is 5.91. The summed E-state index contributed by atoms with van der Waals surface area (Å²) >= 11 is 0. The van der Waals surface area contributed by atoms with Crippen LogP contribution in [-0.2, 0) is 4.74 Å². The molecule has 1 fully saturated rings. The number of rotatable bonds is 3. The van der Waals surface area contributed by atoms with E-state index in [0.717, 1.165) is 0 Å². The number of carbonyl (C=O) groups is 1. The summed E-state index contributed by atoms with van der Waals surface area (Å²) in [6, 6.07) is 6.69. The molecule has 1 aromatic carbocycles. The van der Waals surface area contributed by atoms with Crippen LogP contribution in [0, 0.1) is 0 Å². The molecule has 1 atom stereocenters. The molecule has 1 amide bonds. The summed E-state index contributed by atoms with van der Waals surface area (Å²) in [5.74, 6) is 0.0767. The topological polar surface area (TPSA) is 75.8 Å². The predicted molar refractivity (Wildman–Crippen MR) is 59.4 cm³/mol. The molecule has 1 aromatic rings. The molecule has 5 nitrogen and oxygen atoms in total. The number of phenols is 1. The van der Waals surface area contributed by atoms with Crippen molar-refractivity contribution in [1.82, 2.24) is 0 Å². The molecule has 16 heavy (non-hydrogen) atoms. The highest BCUT2D eigenvalue weighted by Crippen LogP contribution is 2.30. The molecule has 2 rings (SSSR count). The maximum absolute atomic E-state index is 11.6. The molecule has 0 aliphatic carbocycles. The summed E-state index contributed by atoms with van der Waals surface area (Å²) in [5.41, 5.74) is 5.89. The molecule has 0 saturated carbocycles. The van der Waals surface area contributed by atoms with E-state index in [9.17, 15) is 9.90 Å². The molecule has 5 heteroatoms. The SMILES string of the molecule is NCCC1CN(c2ccccc2O)C(=O)O1. The first-order valence-electron chi connectivity index (χ1n) is 5.18. The van der Waals surface area contributed by atoms with Crippen molar-refractivity contribution in [3.05, 3.63) is 24.3 Å². The summed E-state index contributed by atoms with van der Waals surface area (Å²) in [5, 5.41) is 9.63. The van der Waals surface area contributed by atoms with Gasteiger partial charge in [0.2, 0.25) is 0 Å². The molecule has 1 saturated heterocycles. The van der Waals surface area contributed by atoms with Gasteiger partial charge in [-0.05, 0) is 25.1 Å². The lowest BCUT2D eigenvalue weighted by Crippen LogP contribution is -2.25. The third-order valence-electron chi connectivity index (χ3n) is 2.54. The smallest absolute Gasteiger partial charge is 0.414 e. The summed E-state index contributed by atoms with van der Waals surface area (Å²) < 4.78 is 5.12. The van der Waals surface area contributed by atoms with Gasteiger partial charge in [-0.25, -0.2) is 4.79 Å². The second-order valence-corrected chi connectivity index (χ2v) is 3.68. The zero-order chi connectivity index (χ0) is 11.5. The average Bonchev–Trinajstić information content (AvgIpc) is 2.61. The van der Waals surface area contributed by atoms with E-state index in [-0.39, 0.29) is 11.9 Å². The number of nitrogens with zero attached hydrogens (tertiary/aromatic N) is 1. The number of amides is 1. The molecular weight excluding hydrogens is 208 g/mol. The minimum absolute atomic E-state index is 0.0767. The van der Waals surface area contributed by atoms with E-state index in [1.54, 1.807) is 24.3 Å². The third kappa shape index (κ3) is 1.94. The van der Waals surface area contributed by atoms with Crippen LogP contribution < -0.4 is 10.6 Å². The molecule has 0 bridgehead atoms. The maximum Gasteiger partial charge on any atom is 0.414 e. The van der Waals surface area contributed by atoms with Crippen LogP contribution in [-0.4, -0.2) is 30.4 Å². The lowest BCUT2D eigenvalue weighted by Gasteiger charge is -2.13. The second-order valence-electron chi connectivity index (χ2n) is 3.68. The normalized spacial score (nSPS) is 19.9. The zero-order valence-electron chi connectivity index (χ0n) is 8.80. The first kappa shape index (κ1) is 10.8. The number of cyclic esters (lactones) is 1. The molecule has 1 heterocycles. The van der Waals surface area contributed by atoms with Crippen LogP contribution in [0.15, 0.2) is 24.3 Å². The number of aromatic hydroxyl groups is 1. The Hall–Kier alpha value is -1.75. The van der Waals surface area contributed by atoms with Crippen LogP contribution in [0.25, 0.3) is 0 Å². The fourth-order valence-corrected chi connectivity index (χ4v) is 1.75. The van der Waals surface area contributed by atoms with Gasteiger partial charge in [-0.3, -0.25) is 4.90 Å². The minimum atomic E-state index is -0.431. The van der Waals surface area contributed by atoms with Crippen LogP contribution >= 0.6 is 0 Å². The van der Waals surface area contributed by atoms with Crippen LogP contribution in [0.5, 0.6) is 5.75 Å². The van der Waals surface area contributed by atoms with Crippen molar-refractivity contribution in [2.24, 2.45) is 5.73 Å². The number of carbonyl (C=O) groups excluding carboxylic acids is 1. The summed E-state index contributed by atoms with van der Waals surface area (Å²) in [4.78, 5) is 13.0. The number of anilines is 1. The molecule has 0 radical (unpaired) electrons. The van der Waals surface area contributed by atoms with E-state index in [4.69, 9.17) is 10.5 Å². The van der Waals surface area contributed by atoms with Crippen LogP contribution in [0.4, 0.5) is 10.5 Å². The Morgan fingerprint density at radius 1 is 1.50 bits per heavy atom. The largest absolute Gasteiger partial charge is 0.506 e. The van der Waals surface area contributed by atoms with E-state index in [1.807, 2.05) is 0 Å². The lowest BCUT2D eigenvalue weighted by molar-refractivity contribution is 0.138. The Bertz CT molecular complexity index is 395. The standard InChI is InChI=1S/C11H14N2O3/c12-6-5-8-7-13(11(15)16-8)9-3-1-2-4-10(9)14/h1-4,8,14H,5-7,12H2. The molecule has 1 aliphatic rings. The maximum atomic E-state index is 11.6. The zero-order valence-corrected chi connectivity index (χ0v) is 8.80. The molecule has 86 valence electrons. The lowest BCUT2D eigenvalue weighted by atomic mass is 10.2. The van der Waals surface area contributed by atoms with Crippen LogP contribution in [0.3, 0.4) is 0 Å². The molecule has 1 unspecified atom stereocenters. The fourth-order valence-electron chi connectivity index (χ4n) is 1.75. The number of hydrogen-bond acceptors (Lipinski definition) is 4. The van der Waals surface area contributed by atoms with Gasteiger partial charge in [0, 0.05) is 0 Å². The van der Waals surface area contributed by atoms with Gasteiger partial charge in [-0.1, -0.05) is 12.1 Å². The first-order valence-corrected chi connectivity index (χ1v) is 5.18. The van der Waals surface area contributed by atoms with E-state index in [0.29, 0.717) is 25.2 Å². The number of ether oxygens (including phenoxy) is 1. The van der Waals surface area contributed by atoms with Crippen LogP contribution in [0.2, 0.25) is 0 Å². The molecule has 0 aromatic heterocycles. The van der Waals surface area contributed by atoms with Crippen molar-refractivity contribution in [2.45, 2.75) is 12.5 Å². The van der Waals surface area contributed by atoms with Crippen molar-refractivity contribution in [2.75, 3.05) is 18.0 Å². The van der Waals surface area contributed by atoms with E-state index in [1.165, 1.54) is 4.90 Å². The van der Waals surface area contributed by atoms with Crippen molar-refractivity contribution >= 4 is 11.8 Å². The molecule has 1 aliphatic heterocycles. The predicted octanol–water partition coefficient (Wildman–Crippen LogP) is 1.07. The Morgan fingerprint density at radius 2 is 2.25 bits per heavy atom. The van der Waals surface area contributed by atoms with Gasteiger partial charge >= 0.3 is 6.09 Å². The van der Waals surface area contributed by atoms with Gasteiger partial charge in [-0.15, -0.1) is 0 Å². The van der Waals surface area contributed by atoms with Crippen LogP contribution in [0.1, 0.15) is 6.42 Å². The van der Waals surface area contributed by atoms with E-state index < -0.39 is 6.09 Å². The summed E-state index contributed by atoms with van der Waals surface area (Å²) in [6.07, 6.45) is 0.0209. The average molecular weight is 222 g/mol. The quantitative estimate of drug-likeness (QED) is 0.802. The Labute approximate surface area is 93.4 Å². The summed E-state index contributed by atoms with van der Waals surface area (Å²) in [6.45, 7) is 0.917. The Balaban J connectivity index is 2.17. The second kappa shape index (κ2) is 4.40. The van der Waals surface area contributed by atoms with E-state index >= 15 is 0 Å². The van der Waals surface area contributed by atoms with Crippen molar-refractivity contribution in [1.29, 1.82) is 0 Å². The molecule has 3 N–H and O–H groups in total. The summed E-state index contributed by atoms with van der Waals surface area (Å²) in [7, 11) is 0. The molecular formula is C11H14N2O3. The van der Waals surface area contributed by atoms with Gasteiger partial charge in [0.1, 0.15) is 11.9 Å². The Kier molecular flexibility index (Phi) is 2.96. The fraction of sp³-hybridized carbons (Fsp3) is 0.364. The highest BCUT2D eigenvalue weighted by Gasteiger charge is 2.32. The number of para-hydroxylation sites is 2. The number of benzene rings is 1. The van der Waals surface area contributed by atoms with Gasteiger partial charge < -0.3 is 15.6 Å². The monoisotopic (exact) mass is 222 g/mol. The number of phenolic OH excluding ortho intramolecular Hbond substituents is 1. The van der Waals surface area contributed by atoms with E-state index in [2.05, 4.69) is 0 Å². The highest BCUT2D eigenvalue weighted by atomic mass is 16.6. The number of hydrogen-bond donors (Lipinski definition) is 2. The third-order valence-corrected chi connectivity index (χ3v) is 2.54. The van der Waals surface area contributed by atoms with Crippen molar-refractivity contribution in [3.63, 3.8) is 0 Å². The van der Waals surface area contributed by atoms with Gasteiger partial charge in [-0.2, -0.15) is 0 Å². The van der Waals surface area contributed by atoms with Crippen molar-refractivity contribution < 1.29 is 14.6 Å². The van der Waals surface area contributed by atoms with Gasteiger partial charge in [0.15, 0.2) is 0 Å². The Morgan fingerprint density at radius 3 is 2.94 bits per heavy atom. The number of nitrogens with two attached hydrogens (primary N) is 1. The first-order chi connectivity index (χ1) is 7.72. The molecule has 0 spiro atoms. The van der Waals surface area contributed by atoms with Gasteiger partial charge in [0.25, 0.3) is 0 Å². The van der Waals surface area contributed by atoms with Crippen molar-refractivity contribution in [3.8, 4) is 5.75 Å². The minimum Gasteiger partial charge on any atom is -0.506 e.